The van der Waals surface area contributed by atoms with Gasteiger partial charge in [-0.15, -0.1) is 0 Å². The molecular formula is C9H15NO4. The van der Waals surface area contributed by atoms with Crippen LogP contribution < -0.4 is 0 Å². The fourth-order valence-corrected chi connectivity index (χ4v) is 1.55. The minimum atomic E-state index is -0.962. The number of aliphatic hydroxyl groups excluding tert-OH is 1. The molecule has 0 aliphatic carbocycles. The molecule has 80 valence electrons. The third-order valence-electron chi connectivity index (χ3n) is 2.30. The highest BCUT2D eigenvalue weighted by molar-refractivity contribution is 5.80. The van der Waals surface area contributed by atoms with Crippen molar-refractivity contribution in [1.29, 1.82) is 0 Å². The van der Waals surface area contributed by atoms with Crippen LogP contribution in [0.1, 0.15) is 25.7 Å². The summed E-state index contributed by atoms with van der Waals surface area (Å²) >= 11 is 0. The lowest BCUT2D eigenvalue weighted by Crippen LogP contribution is -2.42. The van der Waals surface area contributed by atoms with Gasteiger partial charge in [0.1, 0.15) is 0 Å². The number of nitrogens with zero attached hydrogens (tertiary/aromatic N) is 1. The molecule has 5 heteroatoms. The van der Waals surface area contributed by atoms with Crippen molar-refractivity contribution >= 4 is 11.9 Å². The smallest absolute Gasteiger partial charge is 0.303 e. The van der Waals surface area contributed by atoms with E-state index in [1.165, 1.54) is 4.90 Å². The van der Waals surface area contributed by atoms with Gasteiger partial charge in [0.15, 0.2) is 0 Å². The first-order valence-corrected chi connectivity index (χ1v) is 4.77. The molecule has 1 heterocycles. The van der Waals surface area contributed by atoms with Crippen molar-refractivity contribution in [1.82, 2.24) is 4.90 Å². The summed E-state index contributed by atoms with van der Waals surface area (Å²) in [6.45, 7) is 0.980. The van der Waals surface area contributed by atoms with Gasteiger partial charge in [0.25, 0.3) is 0 Å². The summed E-state index contributed by atoms with van der Waals surface area (Å²) in [7, 11) is 0. The molecule has 0 aromatic rings. The summed E-state index contributed by atoms with van der Waals surface area (Å²) in [5.74, 6) is -1.14. The minimum absolute atomic E-state index is 0.0298. The summed E-state index contributed by atoms with van der Waals surface area (Å²) in [4.78, 5) is 23.2. The lowest BCUT2D eigenvalue weighted by molar-refractivity contribution is -0.141. The van der Waals surface area contributed by atoms with Crippen LogP contribution in [-0.4, -0.2) is 46.2 Å². The lowest BCUT2D eigenvalue weighted by Gasteiger charge is -2.30. The molecule has 1 fully saturated rings. The van der Waals surface area contributed by atoms with E-state index in [0.29, 0.717) is 13.1 Å². The summed E-state index contributed by atoms with van der Waals surface area (Å²) in [6, 6.07) is 0. The fourth-order valence-electron chi connectivity index (χ4n) is 1.55. The van der Waals surface area contributed by atoms with E-state index in [0.717, 1.165) is 12.8 Å². The number of carboxylic acids is 1. The van der Waals surface area contributed by atoms with Crippen molar-refractivity contribution in [2.24, 2.45) is 0 Å². The van der Waals surface area contributed by atoms with Crippen LogP contribution in [-0.2, 0) is 9.59 Å². The van der Waals surface area contributed by atoms with Crippen molar-refractivity contribution in [2.75, 3.05) is 13.1 Å². The number of amides is 1. The molecule has 0 unspecified atom stereocenters. The number of likely N-dealkylation sites (tertiary alicyclic amines) is 1. The maximum Gasteiger partial charge on any atom is 0.303 e. The second-order valence-electron chi connectivity index (χ2n) is 3.53. The van der Waals surface area contributed by atoms with Gasteiger partial charge in [-0.2, -0.15) is 0 Å². The van der Waals surface area contributed by atoms with Gasteiger partial charge in [0.05, 0.1) is 12.5 Å². The number of piperidine rings is 1. The molecule has 1 atom stereocenters. The van der Waals surface area contributed by atoms with E-state index < -0.39 is 12.1 Å². The van der Waals surface area contributed by atoms with Gasteiger partial charge < -0.3 is 15.1 Å². The maximum absolute atomic E-state index is 11.4. The third kappa shape index (κ3) is 3.33. The van der Waals surface area contributed by atoms with E-state index >= 15 is 0 Å². The largest absolute Gasteiger partial charge is 0.481 e. The molecule has 1 rings (SSSR count). The second kappa shape index (κ2) is 4.95. The van der Waals surface area contributed by atoms with E-state index in [1.54, 1.807) is 0 Å². The fraction of sp³-hybridized carbons (Fsp3) is 0.778. The number of hydrogen-bond acceptors (Lipinski definition) is 3. The van der Waals surface area contributed by atoms with Crippen LogP contribution in [0.25, 0.3) is 0 Å². The SMILES string of the molecule is O=C(O)CCC(=O)N1CCC[C@H](O)C1. The Labute approximate surface area is 82.3 Å². The van der Waals surface area contributed by atoms with Crippen molar-refractivity contribution in [3.63, 3.8) is 0 Å². The minimum Gasteiger partial charge on any atom is -0.481 e. The monoisotopic (exact) mass is 201 g/mol. The van der Waals surface area contributed by atoms with Gasteiger partial charge in [-0.3, -0.25) is 9.59 Å². The summed E-state index contributed by atoms with van der Waals surface area (Å²) in [5, 5.41) is 17.7. The van der Waals surface area contributed by atoms with E-state index in [4.69, 9.17) is 5.11 Å². The molecule has 0 aromatic heterocycles. The standard InChI is InChI=1S/C9H15NO4/c11-7-2-1-5-10(6-7)8(12)3-4-9(13)14/h7,11H,1-6H2,(H,13,14)/t7-/m0/s1. The zero-order valence-corrected chi connectivity index (χ0v) is 7.98. The first-order chi connectivity index (χ1) is 6.59. The molecule has 0 saturated carbocycles. The predicted molar refractivity (Wildman–Crippen MR) is 48.7 cm³/mol. The van der Waals surface area contributed by atoms with Crippen LogP contribution in [0, 0.1) is 0 Å². The number of rotatable bonds is 3. The zero-order chi connectivity index (χ0) is 10.6. The molecular weight excluding hydrogens is 186 g/mol. The van der Waals surface area contributed by atoms with E-state index in [1.807, 2.05) is 0 Å². The van der Waals surface area contributed by atoms with Crippen LogP contribution in [0.3, 0.4) is 0 Å². The molecule has 1 amide bonds. The van der Waals surface area contributed by atoms with Gasteiger partial charge in [0.2, 0.25) is 5.91 Å². The highest BCUT2D eigenvalue weighted by atomic mass is 16.4. The normalized spacial score (nSPS) is 22.1. The molecule has 1 aliphatic rings. The van der Waals surface area contributed by atoms with Gasteiger partial charge >= 0.3 is 5.97 Å². The molecule has 0 bridgehead atoms. The Morgan fingerprint density at radius 3 is 2.64 bits per heavy atom. The number of β-amino-alcohol motifs (C(OH)–C–C–N with tert-alkyl or cyclic N) is 1. The van der Waals surface area contributed by atoms with Crippen molar-refractivity contribution in [2.45, 2.75) is 31.8 Å². The topological polar surface area (TPSA) is 77.8 Å². The van der Waals surface area contributed by atoms with Gasteiger partial charge in [-0.25, -0.2) is 0 Å². The Balaban J connectivity index is 2.32. The highest BCUT2D eigenvalue weighted by Gasteiger charge is 2.21. The second-order valence-corrected chi connectivity index (χ2v) is 3.53. The predicted octanol–water partition coefficient (Wildman–Crippen LogP) is -0.166. The Morgan fingerprint density at radius 2 is 2.07 bits per heavy atom. The quantitative estimate of drug-likeness (QED) is 0.664. The number of carboxylic acid groups (broad SMARTS) is 1. The average molecular weight is 201 g/mol. The third-order valence-corrected chi connectivity index (χ3v) is 2.30. The zero-order valence-electron chi connectivity index (χ0n) is 7.98. The molecule has 1 saturated heterocycles. The maximum atomic E-state index is 11.4. The van der Waals surface area contributed by atoms with Crippen LogP contribution in [0.4, 0.5) is 0 Å². The van der Waals surface area contributed by atoms with E-state index in [2.05, 4.69) is 0 Å². The van der Waals surface area contributed by atoms with Gasteiger partial charge in [0, 0.05) is 19.5 Å². The number of carbonyl (C=O) groups is 2. The van der Waals surface area contributed by atoms with Crippen LogP contribution in [0.15, 0.2) is 0 Å². The molecule has 0 aromatic carbocycles. The Hall–Kier alpha value is -1.10. The highest BCUT2D eigenvalue weighted by Crippen LogP contribution is 2.11. The van der Waals surface area contributed by atoms with Crippen molar-refractivity contribution < 1.29 is 19.8 Å². The van der Waals surface area contributed by atoms with Crippen molar-refractivity contribution in [3.05, 3.63) is 0 Å². The first-order valence-electron chi connectivity index (χ1n) is 4.77. The number of carbonyl (C=O) groups excluding carboxylic acids is 1. The first kappa shape index (κ1) is 11.0. The molecule has 0 spiro atoms. The molecule has 14 heavy (non-hydrogen) atoms. The summed E-state index contributed by atoms with van der Waals surface area (Å²) in [5.41, 5.74) is 0. The Morgan fingerprint density at radius 1 is 1.36 bits per heavy atom. The Bertz CT molecular complexity index is 229. The molecule has 1 aliphatic heterocycles. The van der Waals surface area contributed by atoms with E-state index in [-0.39, 0.29) is 18.7 Å². The molecule has 0 radical (unpaired) electrons. The van der Waals surface area contributed by atoms with Gasteiger partial charge in [-0.1, -0.05) is 0 Å². The lowest BCUT2D eigenvalue weighted by atomic mass is 10.1. The average Bonchev–Trinajstić information content (AvgIpc) is 2.14. The summed E-state index contributed by atoms with van der Waals surface area (Å²) < 4.78 is 0. The number of aliphatic hydroxyl groups is 1. The summed E-state index contributed by atoms with van der Waals surface area (Å²) in [6.07, 6.45) is 0.966. The number of aliphatic carboxylic acids is 1. The van der Waals surface area contributed by atoms with Crippen LogP contribution in [0.5, 0.6) is 0 Å². The van der Waals surface area contributed by atoms with Gasteiger partial charge in [-0.05, 0) is 12.8 Å². The molecule has 5 nitrogen and oxygen atoms in total. The Kier molecular flexibility index (Phi) is 3.88. The van der Waals surface area contributed by atoms with Crippen LogP contribution >= 0.6 is 0 Å². The number of hydrogen-bond donors (Lipinski definition) is 2. The van der Waals surface area contributed by atoms with E-state index in [9.17, 15) is 14.7 Å². The van der Waals surface area contributed by atoms with Crippen LogP contribution in [0.2, 0.25) is 0 Å². The van der Waals surface area contributed by atoms with Crippen molar-refractivity contribution in [3.8, 4) is 0 Å². The molecule has 2 N–H and O–H groups in total.